The third-order valence-corrected chi connectivity index (χ3v) is 8.12. The number of rotatable bonds is 8. The number of aromatic nitrogens is 4. The summed E-state index contributed by atoms with van der Waals surface area (Å²) in [6, 6.07) is 11.9. The first-order valence-electron chi connectivity index (χ1n) is 13.1. The van der Waals surface area contributed by atoms with Crippen molar-refractivity contribution in [3.8, 4) is 6.07 Å². The Bertz CT molecular complexity index is 1740. The van der Waals surface area contributed by atoms with Gasteiger partial charge in [0, 0.05) is 30.1 Å². The van der Waals surface area contributed by atoms with E-state index in [1.54, 1.807) is 18.2 Å². The van der Waals surface area contributed by atoms with Crippen molar-refractivity contribution < 1.29 is 12.8 Å². The van der Waals surface area contributed by atoms with Gasteiger partial charge in [-0.3, -0.25) is 4.98 Å². The van der Waals surface area contributed by atoms with Gasteiger partial charge in [0.2, 0.25) is 0 Å². The number of hydrogen-bond donors (Lipinski definition) is 2. The Morgan fingerprint density at radius 3 is 2.50 bits per heavy atom. The van der Waals surface area contributed by atoms with Gasteiger partial charge in [0.1, 0.15) is 25.4 Å². The zero-order valence-electron chi connectivity index (χ0n) is 23.2. The van der Waals surface area contributed by atoms with E-state index in [-0.39, 0.29) is 21.6 Å². The number of halogens is 1. The molecule has 1 fully saturated rings. The van der Waals surface area contributed by atoms with Crippen LogP contribution >= 0.6 is 0 Å². The van der Waals surface area contributed by atoms with Crippen LogP contribution in [0, 0.1) is 22.6 Å². The molecule has 5 rings (SSSR count). The van der Waals surface area contributed by atoms with Gasteiger partial charge in [-0.15, -0.1) is 5.10 Å². The number of nitriles is 1. The minimum absolute atomic E-state index is 0.0267. The van der Waals surface area contributed by atoms with Crippen molar-refractivity contribution >= 4 is 40.0 Å². The van der Waals surface area contributed by atoms with Crippen molar-refractivity contribution in [2.24, 2.45) is 5.41 Å². The van der Waals surface area contributed by atoms with Gasteiger partial charge in [0.25, 0.3) is 0 Å². The summed E-state index contributed by atoms with van der Waals surface area (Å²) in [6.45, 7) is 6.73. The zero-order valence-corrected chi connectivity index (χ0v) is 24.0. The van der Waals surface area contributed by atoms with Crippen molar-refractivity contribution in [2.45, 2.75) is 50.0 Å². The van der Waals surface area contributed by atoms with E-state index in [9.17, 15) is 18.1 Å². The van der Waals surface area contributed by atoms with Crippen LogP contribution < -0.4 is 10.6 Å². The Morgan fingerprint density at radius 1 is 1.20 bits per heavy atom. The molecule has 1 aliphatic carbocycles. The van der Waals surface area contributed by atoms with Gasteiger partial charge in [-0.1, -0.05) is 38.1 Å². The smallest absolute Gasteiger partial charge is 0.177 e. The average Bonchev–Trinajstić information content (AvgIpc) is 3.61. The van der Waals surface area contributed by atoms with Crippen molar-refractivity contribution in [1.29, 1.82) is 5.26 Å². The van der Waals surface area contributed by atoms with Gasteiger partial charge in [-0.2, -0.15) is 5.26 Å². The molecule has 1 saturated carbocycles. The molecule has 2 heterocycles. The lowest BCUT2D eigenvalue weighted by molar-refractivity contribution is 0.443. The van der Waals surface area contributed by atoms with E-state index >= 15 is 0 Å². The number of nitrogens with one attached hydrogen (secondary N) is 2. The molecular formula is C28H31BFN7O2S. The van der Waals surface area contributed by atoms with E-state index in [0.717, 1.165) is 19.1 Å². The monoisotopic (exact) mass is 559 g/mol. The molecule has 9 nitrogen and oxygen atoms in total. The Labute approximate surface area is 234 Å². The number of nitrogens with zero attached hydrogens (tertiary/aromatic N) is 5. The molecule has 1 atom stereocenters. The molecule has 1 aliphatic rings. The maximum Gasteiger partial charge on any atom is 0.177 e. The van der Waals surface area contributed by atoms with E-state index in [1.165, 1.54) is 24.4 Å². The molecule has 2 aromatic heterocycles. The molecule has 4 aromatic rings. The third kappa shape index (κ3) is 5.52. The lowest BCUT2D eigenvalue weighted by Crippen LogP contribution is -2.38. The van der Waals surface area contributed by atoms with Gasteiger partial charge in [0.15, 0.2) is 9.84 Å². The Kier molecular flexibility index (Phi) is 6.82. The summed E-state index contributed by atoms with van der Waals surface area (Å²) in [4.78, 5) is 4.41. The van der Waals surface area contributed by atoms with E-state index in [4.69, 9.17) is 0 Å². The highest BCUT2D eigenvalue weighted by Gasteiger charge is 2.35. The average molecular weight is 559 g/mol. The Balaban J connectivity index is 1.71. The van der Waals surface area contributed by atoms with Crippen molar-refractivity contribution in [2.75, 3.05) is 23.4 Å². The topological polar surface area (TPSA) is 126 Å². The fourth-order valence-corrected chi connectivity index (χ4v) is 5.49. The number of anilines is 2. The number of hydrogen-bond acceptors (Lipinski definition) is 8. The molecule has 206 valence electrons. The zero-order chi connectivity index (χ0) is 28.9. The fourth-order valence-electron chi connectivity index (χ4n) is 4.63. The SMILES string of the molecule is BC(Nc1cc(S(C)(=O)=O)c2ncc(C#N)c(NCC(C)(C)C)c2c1)(c1ccc(F)cc1)c1cn(C2CC2)nn1. The summed E-state index contributed by atoms with van der Waals surface area (Å²) < 4.78 is 41.7. The molecule has 0 bridgehead atoms. The van der Waals surface area contributed by atoms with Crippen LogP contribution in [0.15, 0.2) is 53.7 Å². The van der Waals surface area contributed by atoms with Crippen LogP contribution in [0.4, 0.5) is 15.8 Å². The summed E-state index contributed by atoms with van der Waals surface area (Å²) in [7, 11) is -1.82. The molecule has 40 heavy (non-hydrogen) atoms. The van der Waals surface area contributed by atoms with Crippen molar-refractivity contribution in [3.05, 3.63) is 71.4 Å². The predicted molar refractivity (Wildman–Crippen MR) is 155 cm³/mol. The van der Waals surface area contributed by atoms with E-state index in [1.807, 2.05) is 18.7 Å². The minimum Gasteiger partial charge on any atom is -0.383 e. The fraction of sp³-hybridized carbons (Fsp3) is 0.357. The largest absolute Gasteiger partial charge is 0.383 e. The van der Waals surface area contributed by atoms with Crippen LogP contribution in [0.2, 0.25) is 0 Å². The lowest BCUT2D eigenvalue weighted by atomic mass is 9.69. The van der Waals surface area contributed by atoms with Crippen LogP contribution in [0.3, 0.4) is 0 Å². The highest BCUT2D eigenvalue weighted by molar-refractivity contribution is 7.91. The van der Waals surface area contributed by atoms with Crippen LogP contribution in [0.25, 0.3) is 10.9 Å². The molecule has 2 N–H and O–H groups in total. The number of benzene rings is 2. The molecular weight excluding hydrogens is 528 g/mol. The van der Waals surface area contributed by atoms with Crippen molar-refractivity contribution in [1.82, 2.24) is 20.0 Å². The summed E-state index contributed by atoms with van der Waals surface area (Å²) in [6.07, 6.45) is 6.47. The summed E-state index contributed by atoms with van der Waals surface area (Å²) in [5.41, 5.74) is 1.77. The van der Waals surface area contributed by atoms with Crippen LogP contribution in [0.1, 0.15) is 56.5 Å². The molecule has 0 amide bonds. The van der Waals surface area contributed by atoms with Gasteiger partial charge in [0.05, 0.1) is 39.3 Å². The van der Waals surface area contributed by atoms with E-state index in [0.29, 0.717) is 46.2 Å². The first kappa shape index (κ1) is 27.6. The Morgan fingerprint density at radius 2 is 1.90 bits per heavy atom. The molecule has 1 unspecified atom stereocenters. The maximum atomic E-state index is 13.9. The third-order valence-electron chi connectivity index (χ3n) is 7.01. The van der Waals surface area contributed by atoms with Crippen LogP contribution in [-0.2, 0) is 15.3 Å². The predicted octanol–water partition coefficient (Wildman–Crippen LogP) is 3.98. The van der Waals surface area contributed by atoms with Crippen LogP contribution in [0.5, 0.6) is 0 Å². The van der Waals surface area contributed by atoms with Gasteiger partial charge >= 0.3 is 0 Å². The second kappa shape index (κ2) is 9.89. The summed E-state index contributed by atoms with van der Waals surface area (Å²) >= 11 is 0. The van der Waals surface area contributed by atoms with Gasteiger partial charge in [-0.25, -0.2) is 17.5 Å². The lowest BCUT2D eigenvalue weighted by Gasteiger charge is -2.31. The van der Waals surface area contributed by atoms with E-state index < -0.39 is 15.3 Å². The number of sulfone groups is 1. The summed E-state index contributed by atoms with van der Waals surface area (Å²) in [5, 5.41) is 26.0. The van der Waals surface area contributed by atoms with Crippen molar-refractivity contribution in [3.63, 3.8) is 0 Å². The molecule has 2 aromatic carbocycles. The molecule has 0 aliphatic heterocycles. The molecule has 0 spiro atoms. The van der Waals surface area contributed by atoms with Crippen LogP contribution in [-0.4, -0.2) is 49.0 Å². The highest BCUT2D eigenvalue weighted by atomic mass is 32.2. The standard InChI is InChI=1S/C28H31BFN7O2S/c1-27(2,3)16-33-25-17(13-31)14-32-26-22(25)11-20(12-23(26)40(4,38)39)34-28(29,18-5-7-19(30)8-6-18)24-15-37(36-35-24)21-9-10-21/h5-8,11-12,14-15,21,34H,9-10,16,29H2,1-4H3,(H,32,33). The van der Waals surface area contributed by atoms with E-state index in [2.05, 4.69) is 52.8 Å². The quantitative estimate of drug-likeness (QED) is 0.311. The maximum absolute atomic E-state index is 13.9. The van der Waals surface area contributed by atoms with Gasteiger partial charge in [-0.05, 0) is 48.1 Å². The first-order chi connectivity index (χ1) is 18.8. The number of fused-ring (bicyclic) bond motifs is 1. The minimum atomic E-state index is -3.72. The first-order valence-corrected chi connectivity index (χ1v) is 14.9. The molecule has 0 radical (unpaired) electrons. The summed E-state index contributed by atoms with van der Waals surface area (Å²) in [5.74, 6) is -0.373. The number of pyridine rings is 1. The normalized spacial score (nSPS) is 15.4. The highest BCUT2D eigenvalue weighted by Crippen LogP contribution is 2.38. The second-order valence-electron chi connectivity index (χ2n) is 11.8. The van der Waals surface area contributed by atoms with Gasteiger partial charge < -0.3 is 10.6 Å². The molecule has 0 saturated heterocycles. The molecule has 12 heteroatoms. The second-order valence-corrected chi connectivity index (χ2v) is 13.8. The Hall–Kier alpha value is -3.98.